The average molecular weight is 142 g/mol. The number of hydrogen-bond donors (Lipinski definition) is 0. The first-order chi connectivity index (χ1) is 4.66. The van der Waals surface area contributed by atoms with Crippen LogP contribution in [-0.4, -0.2) is 6.29 Å². The van der Waals surface area contributed by atoms with Crippen molar-refractivity contribution in [2.45, 2.75) is 40.0 Å². The maximum absolute atomic E-state index is 10.00. The van der Waals surface area contributed by atoms with Crippen LogP contribution >= 0.6 is 0 Å². The van der Waals surface area contributed by atoms with E-state index in [2.05, 4.69) is 20.8 Å². The van der Waals surface area contributed by atoms with Gasteiger partial charge in [0.2, 0.25) is 0 Å². The van der Waals surface area contributed by atoms with E-state index in [0.29, 0.717) is 5.92 Å². The summed E-state index contributed by atoms with van der Waals surface area (Å²) in [5, 5.41) is 0. The first kappa shape index (κ1) is 9.67. The molecule has 0 bridgehead atoms. The minimum atomic E-state index is 0.713. The number of hydrogen-bond acceptors (Lipinski definition) is 1. The quantitative estimate of drug-likeness (QED) is 0.539. The molecule has 0 aliphatic rings. The van der Waals surface area contributed by atoms with Crippen molar-refractivity contribution in [3.05, 3.63) is 0 Å². The van der Waals surface area contributed by atoms with E-state index in [9.17, 15) is 4.79 Å². The zero-order valence-electron chi connectivity index (χ0n) is 7.26. The lowest BCUT2D eigenvalue weighted by atomic mass is 9.95. The molecule has 0 aromatic rings. The van der Waals surface area contributed by atoms with Crippen LogP contribution in [0.25, 0.3) is 0 Å². The van der Waals surface area contributed by atoms with Gasteiger partial charge in [0.05, 0.1) is 0 Å². The zero-order valence-corrected chi connectivity index (χ0v) is 7.26. The van der Waals surface area contributed by atoms with E-state index in [-0.39, 0.29) is 0 Å². The van der Waals surface area contributed by atoms with Crippen LogP contribution in [0.15, 0.2) is 0 Å². The van der Waals surface area contributed by atoms with E-state index >= 15 is 0 Å². The molecule has 1 heteroatoms. The molecule has 0 rings (SSSR count). The maximum atomic E-state index is 10.00. The topological polar surface area (TPSA) is 17.1 Å². The van der Waals surface area contributed by atoms with Crippen molar-refractivity contribution in [1.29, 1.82) is 0 Å². The standard InChI is InChI=1S/C9H18O/c1-8(2)7-9(3)5-4-6-10/h6,8-9H,4-5,7H2,1-3H3/t9-/m0/s1. The highest BCUT2D eigenvalue weighted by molar-refractivity contribution is 5.49. The molecular weight excluding hydrogens is 124 g/mol. The fourth-order valence-electron chi connectivity index (χ4n) is 1.28. The van der Waals surface area contributed by atoms with Gasteiger partial charge in [-0.05, 0) is 24.7 Å². The molecule has 0 unspecified atom stereocenters. The minimum absolute atomic E-state index is 0.713. The van der Waals surface area contributed by atoms with Crippen LogP contribution in [0.1, 0.15) is 40.0 Å². The molecule has 0 fully saturated rings. The number of carbonyl (C=O) groups excluding carboxylic acids is 1. The van der Waals surface area contributed by atoms with Crippen LogP contribution in [0.4, 0.5) is 0 Å². The molecule has 0 amide bonds. The Bertz CT molecular complexity index is 86.7. The predicted octanol–water partition coefficient (Wildman–Crippen LogP) is 2.65. The van der Waals surface area contributed by atoms with Gasteiger partial charge in [0.1, 0.15) is 6.29 Å². The van der Waals surface area contributed by atoms with Crippen molar-refractivity contribution in [2.24, 2.45) is 11.8 Å². The fraction of sp³-hybridized carbons (Fsp3) is 0.889. The number of aldehydes is 1. The third-order valence-electron chi connectivity index (χ3n) is 1.65. The molecular formula is C9H18O. The molecule has 0 aliphatic carbocycles. The van der Waals surface area contributed by atoms with E-state index in [0.717, 1.165) is 25.0 Å². The highest BCUT2D eigenvalue weighted by Crippen LogP contribution is 2.14. The molecule has 0 N–H and O–H groups in total. The molecule has 0 saturated heterocycles. The third-order valence-corrected chi connectivity index (χ3v) is 1.65. The Kier molecular flexibility index (Phi) is 5.27. The van der Waals surface area contributed by atoms with E-state index in [1.807, 2.05) is 0 Å². The Balaban J connectivity index is 3.24. The van der Waals surface area contributed by atoms with Gasteiger partial charge < -0.3 is 4.79 Å². The largest absolute Gasteiger partial charge is 0.303 e. The van der Waals surface area contributed by atoms with Crippen LogP contribution in [0.3, 0.4) is 0 Å². The molecule has 0 spiro atoms. The van der Waals surface area contributed by atoms with Gasteiger partial charge in [0.25, 0.3) is 0 Å². The molecule has 10 heavy (non-hydrogen) atoms. The number of carbonyl (C=O) groups is 1. The fourth-order valence-corrected chi connectivity index (χ4v) is 1.28. The Morgan fingerprint density at radius 3 is 2.30 bits per heavy atom. The zero-order chi connectivity index (χ0) is 7.98. The van der Waals surface area contributed by atoms with Gasteiger partial charge >= 0.3 is 0 Å². The van der Waals surface area contributed by atoms with Crippen LogP contribution < -0.4 is 0 Å². The Morgan fingerprint density at radius 1 is 1.30 bits per heavy atom. The maximum Gasteiger partial charge on any atom is 0.120 e. The predicted molar refractivity (Wildman–Crippen MR) is 43.9 cm³/mol. The lowest BCUT2D eigenvalue weighted by Crippen LogP contribution is -1.99. The van der Waals surface area contributed by atoms with Crippen LogP contribution in [0.2, 0.25) is 0 Å². The SMILES string of the molecule is CC(C)C[C@@H](C)CCC=O. The summed E-state index contributed by atoms with van der Waals surface area (Å²) in [6, 6.07) is 0. The molecule has 0 aliphatic heterocycles. The molecule has 0 saturated carbocycles. The lowest BCUT2D eigenvalue weighted by molar-refractivity contribution is -0.108. The van der Waals surface area contributed by atoms with E-state index in [1.165, 1.54) is 6.42 Å². The van der Waals surface area contributed by atoms with Crippen molar-refractivity contribution in [3.8, 4) is 0 Å². The van der Waals surface area contributed by atoms with Crippen molar-refractivity contribution in [2.75, 3.05) is 0 Å². The first-order valence-electron chi connectivity index (χ1n) is 4.10. The van der Waals surface area contributed by atoms with Gasteiger partial charge in [-0.25, -0.2) is 0 Å². The van der Waals surface area contributed by atoms with Gasteiger partial charge in [-0.3, -0.25) is 0 Å². The van der Waals surface area contributed by atoms with Crippen molar-refractivity contribution in [1.82, 2.24) is 0 Å². The lowest BCUT2D eigenvalue weighted by Gasteiger charge is -2.11. The molecule has 0 aromatic heterocycles. The second kappa shape index (κ2) is 5.45. The Hall–Kier alpha value is -0.330. The van der Waals surface area contributed by atoms with Crippen LogP contribution in [0, 0.1) is 11.8 Å². The van der Waals surface area contributed by atoms with Crippen molar-refractivity contribution >= 4 is 6.29 Å². The van der Waals surface area contributed by atoms with Gasteiger partial charge in [0, 0.05) is 6.42 Å². The van der Waals surface area contributed by atoms with Gasteiger partial charge in [0.15, 0.2) is 0 Å². The van der Waals surface area contributed by atoms with E-state index in [4.69, 9.17) is 0 Å². The van der Waals surface area contributed by atoms with Crippen LogP contribution in [-0.2, 0) is 4.79 Å². The first-order valence-corrected chi connectivity index (χ1v) is 4.10. The normalized spacial score (nSPS) is 13.6. The highest BCUT2D eigenvalue weighted by Gasteiger charge is 2.03. The summed E-state index contributed by atoms with van der Waals surface area (Å²) in [5.74, 6) is 1.48. The average Bonchev–Trinajstić information content (AvgIpc) is 1.82. The van der Waals surface area contributed by atoms with Gasteiger partial charge in [-0.2, -0.15) is 0 Å². The molecule has 60 valence electrons. The van der Waals surface area contributed by atoms with E-state index < -0.39 is 0 Å². The van der Waals surface area contributed by atoms with Crippen molar-refractivity contribution in [3.63, 3.8) is 0 Å². The molecule has 1 atom stereocenters. The summed E-state index contributed by atoms with van der Waals surface area (Å²) in [4.78, 5) is 10.00. The second-order valence-corrected chi connectivity index (χ2v) is 3.48. The second-order valence-electron chi connectivity index (χ2n) is 3.48. The summed E-state index contributed by atoms with van der Waals surface area (Å²) in [7, 11) is 0. The summed E-state index contributed by atoms with van der Waals surface area (Å²) in [6.07, 6.45) is 4.04. The van der Waals surface area contributed by atoms with Gasteiger partial charge in [-0.1, -0.05) is 20.8 Å². The smallest absolute Gasteiger partial charge is 0.120 e. The summed E-state index contributed by atoms with van der Waals surface area (Å²) < 4.78 is 0. The minimum Gasteiger partial charge on any atom is -0.303 e. The Labute approximate surface area is 63.8 Å². The highest BCUT2D eigenvalue weighted by atomic mass is 16.1. The van der Waals surface area contributed by atoms with Gasteiger partial charge in [-0.15, -0.1) is 0 Å². The Morgan fingerprint density at radius 2 is 1.90 bits per heavy atom. The molecule has 0 radical (unpaired) electrons. The van der Waals surface area contributed by atoms with Crippen molar-refractivity contribution < 1.29 is 4.79 Å². The molecule has 0 heterocycles. The number of rotatable bonds is 5. The third kappa shape index (κ3) is 5.80. The monoisotopic (exact) mass is 142 g/mol. The summed E-state index contributed by atoms with van der Waals surface area (Å²) >= 11 is 0. The molecule has 1 nitrogen and oxygen atoms in total. The summed E-state index contributed by atoms with van der Waals surface area (Å²) in [6.45, 7) is 6.65. The van der Waals surface area contributed by atoms with Crippen LogP contribution in [0.5, 0.6) is 0 Å². The molecule has 0 aromatic carbocycles. The van der Waals surface area contributed by atoms with E-state index in [1.54, 1.807) is 0 Å². The summed E-state index contributed by atoms with van der Waals surface area (Å²) in [5.41, 5.74) is 0.